The topological polar surface area (TPSA) is 3.24 Å². The zero-order valence-electron chi connectivity index (χ0n) is 6.30. The molecule has 1 saturated heterocycles. The molecule has 0 aromatic heterocycles. The first-order chi connectivity index (χ1) is 4.27. The summed E-state index contributed by atoms with van der Waals surface area (Å²) in [5.41, 5.74) is 0. The van der Waals surface area contributed by atoms with E-state index in [4.69, 9.17) is 0 Å². The summed E-state index contributed by atoms with van der Waals surface area (Å²) in [5, 5.41) is 0. The molecule has 9 heavy (non-hydrogen) atoms. The third-order valence-electron chi connectivity index (χ3n) is 3.17. The summed E-state index contributed by atoms with van der Waals surface area (Å²) in [5.74, 6) is 2.06. The summed E-state index contributed by atoms with van der Waals surface area (Å²) >= 11 is 0. The van der Waals surface area contributed by atoms with Gasteiger partial charge in [-0.3, -0.25) is 0 Å². The van der Waals surface area contributed by atoms with Gasteiger partial charge in [0.2, 0.25) is 0 Å². The highest BCUT2D eigenvalue weighted by molar-refractivity contribution is 4.93. The molecule has 2 bridgehead atoms. The molecule has 2 rings (SSSR count). The summed E-state index contributed by atoms with van der Waals surface area (Å²) in [6, 6.07) is 0.949. The molecule has 2 fully saturated rings. The first-order valence-electron chi connectivity index (χ1n) is 3.97. The quantitative estimate of drug-likeness (QED) is 0.472. The van der Waals surface area contributed by atoms with Gasteiger partial charge >= 0.3 is 0 Å². The SMILES string of the molecule is C[C@H]1C[C@H]2C[C@@H]1CN2C. The molecule has 0 N–H and O–H groups in total. The summed E-state index contributed by atoms with van der Waals surface area (Å²) < 4.78 is 0. The molecule has 0 amide bonds. The van der Waals surface area contributed by atoms with Gasteiger partial charge in [-0.2, -0.15) is 0 Å². The Bertz CT molecular complexity index is 104. The third kappa shape index (κ3) is 0.710. The van der Waals surface area contributed by atoms with Gasteiger partial charge < -0.3 is 4.90 Å². The van der Waals surface area contributed by atoms with E-state index in [1.807, 2.05) is 0 Å². The van der Waals surface area contributed by atoms with Crippen molar-refractivity contribution in [2.24, 2.45) is 11.8 Å². The van der Waals surface area contributed by atoms with E-state index in [2.05, 4.69) is 18.9 Å². The molecule has 1 saturated carbocycles. The van der Waals surface area contributed by atoms with Gasteiger partial charge in [0, 0.05) is 12.6 Å². The predicted molar refractivity (Wildman–Crippen MR) is 38.3 cm³/mol. The summed E-state index contributed by atoms with van der Waals surface area (Å²) in [6.07, 6.45) is 2.94. The first-order valence-corrected chi connectivity index (χ1v) is 3.97. The van der Waals surface area contributed by atoms with E-state index in [1.165, 1.54) is 19.4 Å². The molecule has 2 aliphatic rings. The van der Waals surface area contributed by atoms with Crippen molar-refractivity contribution in [2.75, 3.05) is 13.6 Å². The number of hydrogen-bond acceptors (Lipinski definition) is 1. The Kier molecular flexibility index (Phi) is 1.10. The molecule has 0 unspecified atom stereocenters. The molecule has 0 aromatic rings. The van der Waals surface area contributed by atoms with Crippen LogP contribution in [0, 0.1) is 11.8 Å². The lowest BCUT2D eigenvalue weighted by molar-refractivity contribution is 0.219. The lowest BCUT2D eigenvalue weighted by Gasteiger charge is -2.25. The largest absolute Gasteiger partial charge is 0.303 e. The molecule has 1 heterocycles. The molecule has 1 aliphatic heterocycles. The fraction of sp³-hybridized carbons (Fsp3) is 1.00. The van der Waals surface area contributed by atoms with Crippen LogP contribution in [0.4, 0.5) is 0 Å². The van der Waals surface area contributed by atoms with Crippen molar-refractivity contribution >= 4 is 0 Å². The Hall–Kier alpha value is -0.0400. The van der Waals surface area contributed by atoms with E-state index >= 15 is 0 Å². The van der Waals surface area contributed by atoms with Gasteiger partial charge in [-0.05, 0) is 31.7 Å². The number of fused-ring (bicyclic) bond motifs is 2. The molecule has 1 heteroatoms. The zero-order chi connectivity index (χ0) is 6.43. The van der Waals surface area contributed by atoms with Gasteiger partial charge in [-0.15, -0.1) is 0 Å². The molecule has 0 spiro atoms. The number of hydrogen-bond donors (Lipinski definition) is 0. The van der Waals surface area contributed by atoms with Crippen LogP contribution in [0.3, 0.4) is 0 Å². The van der Waals surface area contributed by atoms with Crippen molar-refractivity contribution in [1.82, 2.24) is 4.90 Å². The van der Waals surface area contributed by atoms with Gasteiger partial charge in [0.25, 0.3) is 0 Å². The Labute approximate surface area is 57.0 Å². The van der Waals surface area contributed by atoms with E-state index in [0.29, 0.717) is 0 Å². The second-order valence-electron chi connectivity index (χ2n) is 3.80. The average Bonchev–Trinajstić information content (AvgIpc) is 2.24. The Balaban J connectivity index is 2.10. The summed E-state index contributed by atoms with van der Waals surface area (Å²) in [7, 11) is 2.26. The number of rotatable bonds is 0. The van der Waals surface area contributed by atoms with E-state index in [9.17, 15) is 0 Å². The molecule has 3 atom stereocenters. The van der Waals surface area contributed by atoms with Crippen LogP contribution in [-0.4, -0.2) is 24.5 Å². The van der Waals surface area contributed by atoms with Crippen LogP contribution in [0.25, 0.3) is 0 Å². The average molecular weight is 125 g/mol. The maximum Gasteiger partial charge on any atom is 0.00981 e. The Morgan fingerprint density at radius 1 is 1.33 bits per heavy atom. The fourth-order valence-corrected chi connectivity index (χ4v) is 2.43. The number of likely N-dealkylation sites (tertiary alicyclic amines) is 1. The van der Waals surface area contributed by atoms with Crippen molar-refractivity contribution in [3.05, 3.63) is 0 Å². The smallest absolute Gasteiger partial charge is 0.00981 e. The van der Waals surface area contributed by atoms with E-state index in [0.717, 1.165) is 17.9 Å². The van der Waals surface area contributed by atoms with Crippen LogP contribution in [0.5, 0.6) is 0 Å². The van der Waals surface area contributed by atoms with Crippen molar-refractivity contribution < 1.29 is 0 Å². The molecule has 0 aromatic carbocycles. The highest BCUT2D eigenvalue weighted by Crippen LogP contribution is 2.40. The monoisotopic (exact) mass is 125 g/mol. The van der Waals surface area contributed by atoms with E-state index in [-0.39, 0.29) is 0 Å². The van der Waals surface area contributed by atoms with Gasteiger partial charge in [0.05, 0.1) is 0 Å². The first kappa shape index (κ1) is 5.72. The van der Waals surface area contributed by atoms with Crippen LogP contribution < -0.4 is 0 Å². The highest BCUT2D eigenvalue weighted by atomic mass is 15.2. The molecule has 1 aliphatic carbocycles. The maximum absolute atomic E-state index is 2.52. The van der Waals surface area contributed by atoms with Crippen molar-refractivity contribution in [2.45, 2.75) is 25.8 Å². The minimum Gasteiger partial charge on any atom is -0.303 e. The fourth-order valence-electron chi connectivity index (χ4n) is 2.43. The predicted octanol–water partition coefficient (Wildman–Crippen LogP) is 1.35. The van der Waals surface area contributed by atoms with Crippen LogP contribution in [-0.2, 0) is 0 Å². The lowest BCUT2D eigenvalue weighted by atomic mass is 9.97. The van der Waals surface area contributed by atoms with Gasteiger partial charge in [0.15, 0.2) is 0 Å². The third-order valence-corrected chi connectivity index (χ3v) is 3.17. The van der Waals surface area contributed by atoms with Gasteiger partial charge in [-0.1, -0.05) is 6.92 Å². The summed E-state index contributed by atoms with van der Waals surface area (Å²) in [4.78, 5) is 2.52. The van der Waals surface area contributed by atoms with Gasteiger partial charge in [0.1, 0.15) is 0 Å². The molecule has 52 valence electrons. The van der Waals surface area contributed by atoms with Crippen LogP contribution >= 0.6 is 0 Å². The van der Waals surface area contributed by atoms with Crippen LogP contribution in [0.1, 0.15) is 19.8 Å². The minimum atomic E-state index is 0.949. The summed E-state index contributed by atoms with van der Waals surface area (Å²) in [6.45, 7) is 3.77. The van der Waals surface area contributed by atoms with Crippen LogP contribution in [0.15, 0.2) is 0 Å². The van der Waals surface area contributed by atoms with Gasteiger partial charge in [-0.25, -0.2) is 0 Å². The lowest BCUT2D eigenvalue weighted by Crippen LogP contribution is -2.30. The van der Waals surface area contributed by atoms with E-state index in [1.54, 1.807) is 0 Å². The second kappa shape index (κ2) is 1.72. The zero-order valence-corrected chi connectivity index (χ0v) is 6.30. The molecule has 0 radical (unpaired) electrons. The molecular formula is C8H15N. The van der Waals surface area contributed by atoms with Crippen LogP contribution in [0.2, 0.25) is 0 Å². The Morgan fingerprint density at radius 2 is 2.11 bits per heavy atom. The highest BCUT2D eigenvalue weighted by Gasteiger charge is 2.40. The normalized spacial score (nSPS) is 50.7. The maximum atomic E-state index is 2.52. The number of piperidine rings is 1. The number of nitrogens with zero attached hydrogens (tertiary/aromatic N) is 1. The standard InChI is InChI=1S/C8H15N/c1-6-3-8-4-7(6)5-9(8)2/h6-8H,3-5H2,1-2H3/t6-,7+,8-/m0/s1. The second-order valence-corrected chi connectivity index (χ2v) is 3.80. The minimum absolute atomic E-state index is 0.949. The molecular weight excluding hydrogens is 110 g/mol. The Morgan fingerprint density at radius 3 is 2.44 bits per heavy atom. The van der Waals surface area contributed by atoms with Crippen molar-refractivity contribution in [1.29, 1.82) is 0 Å². The van der Waals surface area contributed by atoms with Crippen molar-refractivity contribution in [3.63, 3.8) is 0 Å². The van der Waals surface area contributed by atoms with Crippen molar-refractivity contribution in [3.8, 4) is 0 Å². The van der Waals surface area contributed by atoms with E-state index < -0.39 is 0 Å². The molecule has 1 nitrogen and oxygen atoms in total.